The molecule has 3 unspecified atom stereocenters. The van der Waals surface area contributed by atoms with Crippen molar-refractivity contribution in [2.24, 2.45) is 17.4 Å². The molecule has 3 aliphatic heterocycles. The zero-order valence-corrected chi connectivity index (χ0v) is 57.7. The maximum Gasteiger partial charge on any atom is 0.306 e. The smallest absolute Gasteiger partial charge is 0.306 e. The third-order valence-electron chi connectivity index (χ3n) is 18.1. The Labute approximate surface area is 579 Å². The van der Waals surface area contributed by atoms with Crippen LogP contribution in [-0.2, 0) is 14.3 Å². The van der Waals surface area contributed by atoms with Gasteiger partial charge in [-0.25, -0.2) is 14.5 Å². The lowest BCUT2D eigenvalue weighted by Crippen LogP contribution is -2.42. The van der Waals surface area contributed by atoms with E-state index in [0.29, 0.717) is 94.2 Å². The van der Waals surface area contributed by atoms with E-state index in [1.807, 2.05) is 77.8 Å². The number of aromatic nitrogens is 6. The lowest BCUT2D eigenvalue weighted by molar-refractivity contribution is -0.144. The average Bonchev–Trinajstić information content (AvgIpc) is 1.62. The van der Waals surface area contributed by atoms with Crippen molar-refractivity contribution in [1.82, 2.24) is 43.4 Å². The number of nitrogens with zero attached hydrogens (tertiary/aromatic N) is 12. The number of ether oxygens (including phenoxy) is 1. The molecule has 1 amide bonds. The van der Waals surface area contributed by atoms with Gasteiger partial charge < -0.3 is 40.1 Å². The number of benzene rings is 3. The number of aliphatic hydroxyl groups excluding tert-OH is 2. The number of piperidine rings is 3. The van der Waals surface area contributed by atoms with Gasteiger partial charge in [0.15, 0.2) is 40.5 Å². The van der Waals surface area contributed by atoms with Crippen LogP contribution in [0.15, 0.2) is 119 Å². The third-order valence-corrected chi connectivity index (χ3v) is 19.0. The standard InChI is InChI=1S/C26H27BrN4O3.C25H27N5O4.C22H22BrN5O/c1-4-34-24(33)12-18-6-5-11-30(15-18)16-23(32)25-17(2)31(21-9-7-20(28-3)8-10-21)22-13-19(27)14-29-26(22)25;1-15-21(20(31)14-29-10-4-3-5-11-29)22-19(30(15)18-8-6-17(27-2)7-9-18)12-16(13-28-22)23(32)24(33)25(26)34;1-14-21(20(29)13-27-9-7-16(24)8-10-27)22-19(11-15(23)12-26-22)28(14)18-5-3-17(25-2)4-6-18/h7-10,13-14,18H,4-6,11-12,15-16H2,1-2H3;6-9,12-13,23-24,32-33H,3-5,10-11,14H2,1H3,(H2,26,34);3-6,11-12,16H,7-10,13,24H2,1H3. The van der Waals surface area contributed by atoms with Gasteiger partial charge in [0, 0.05) is 99.3 Å². The van der Waals surface area contributed by atoms with Crippen LogP contribution < -0.4 is 11.5 Å². The third kappa shape index (κ3) is 16.1. The fourth-order valence-electron chi connectivity index (χ4n) is 13.3. The Morgan fingerprint density at radius 2 is 0.959 bits per heavy atom. The molecule has 0 radical (unpaired) electrons. The van der Waals surface area contributed by atoms with E-state index in [1.54, 1.807) is 67.0 Å². The minimum atomic E-state index is -1.79. The highest BCUT2D eigenvalue weighted by molar-refractivity contribution is 9.10. The second-order valence-electron chi connectivity index (χ2n) is 24.7. The summed E-state index contributed by atoms with van der Waals surface area (Å²) >= 11 is 7.00. The molecule has 0 bridgehead atoms. The Hall–Kier alpha value is -9.13. The minimum Gasteiger partial charge on any atom is -0.466 e. The summed E-state index contributed by atoms with van der Waals surface area (Å²) in [6.07, 6.45) is 8.92. The number of Topliss-reactive ketones (excluding diaryl/α,β-unsaturated/α-hetero) is 3. The van der Waals surface area contributed by atoms with Crippen molar-refractivity contribution in [2.45, 2.75) is 97.3 Å². The summed E-state index contributed by atoms with van der Waals surface area (Å²) in [4.78, 5) is 94.0. The van der Waals surface area contributed by atoms with Crippen LogP contribution in [0.25, 0.3) is 64.7 Å². The van der Waals surface area contributed by atoms with E-state index in [1.165, 1.54) is 12.6 Å². The van der Waals surface area contributed by atoms with Gasteiger partial charge in [-0.2, -0.15) is 0 Å². The number of nitrogens with two attached hydrogens (primary N) is 2. The number of hydrogen-bond donors (Lipinski definition) is 4. The molecule has 12 rings (SSSR count). The number of hydrogen-bond acceptors (Lipinski definition) is 15. The van der Waals surface area contributed by atoms with Gasteiger partial charge in [0.1, 0.15) is 6.10 Å². The molecule has 3 aromatic carbocycles. The first-order chi connectivity index (χ1) is 46.7. The maximum absolute atomic E-state index is 13.6. The number of carbonyl (C=O) groups excluding carboxylic acids is 5. The molecule has 9 heterocycles. The number of aliphatic hydroxyl groups is 2. The molecular weight excluding hydrogens is 1360 g/mol. The van der Waals surface area contributed by atoms with E-state index in [2.05, 4.69) is 76.0 Å². The second-order valence-corrected chi connectivity index (χ2v) is 26.5. The monoisotopic (exact) mass is 1430 g/mol. The van der Waals surface area contributed by atoms with Crippen LogP contribution in [0, 0.1) is 46.4 Å². The number of pyridine rings is 3. The summed E-state index contributed by atoms with van der Waals surface area (Å²) in [5.41, 5.74) is 23.7. The van der Waals surface area contributed by atoms with E-state index in [9.17, 15) is 34.2 Å². The summed E-state index contributed by atoms with van der Waals surface area (Å²) < 4.78 is 12.7. The predicted molar refractivity (Wildman–Crippen MR) is 379 cm³/mol. The van der Waals surface area contributed by atoms with E-state index in [0.717, 1.165) is 120 Å². The van der Waals surface area contributed by atoms with Crippen molar-refractivity contribution in [3.63, 3.8) is 0 Å². The van der Waals surface area contributed by atoms with Crippen LogP contribution in [-0.4, -0.2) is 160 Å². The lowest BCUT2D eigenvalue weighted by Gasteiger charge is -2.31. The van der Waals surface area contributed by atoms with Gasteiger partial charge in [-0.3, -0.25) is 53.6 Å². The zero-order valence-electron chi connectivity index (χ0n) is 54.6. The van der Waals surface area contributed by atoms with Gasteiger partial charge in [-0.05, 0) is 178 Å². The van der Waals surface area contributed by atoms with Crippen molar-refractivity contribution < 1.29 is 38.9 Å². The molecule has 97 heavy (non-hydrogen) atoms. The number of rotatable bonds is 18. The van der Waals surface area contributed by atoms with Gasteiger partial charge in [-0.1, -0.05) is 42.8 Å². The highest BCUT2D eigenvalue weighted by atomic mass is 79.9. The highest BCUT2D eigenvalue weighted by Crippen LogP contribution is 2.36. The largest absolute Gasteiger partial charge is 0.466 e. The van der Waals surface area contributed by atoms with Crippen molar-refractivity contribution in [1.29, 1.82) is 0 Å². The number of esters is 1. The van der Waals surface area contributed by atoms with Crippen LogP contribution in [0.1, 0.15) is 118 Å². The SMILES string of the molecule is [C-]#[N+]c1ccc(-n2c(C)c(C(=O)CN3CCC(N)CC3)c3ncc(Br)cc32)cc1.[C-]#[N+]c1ccc(-n2c(C)c(C(=O)CN3CCCC(CC(=O)OCC)C3)c3ncc(Br)cc32)cc1.[C-]#[N+]c1ccc(-n2c(C)c(C(=O)CN3CCCCC3)c3ncc(C(O)C(O)C(N)=O)cc32)cc1. The Bertz CT molecular complexity index is 4550. The summed E-state index contributed by atoms with van der Waals surface area (Å²) in [5.74, 6) is -0.957. The summed E-state index contributed by atoms with van der Waals surface area (Å²) in [6, 6.07) is 27.4. The van der Waals surface area contributed by atoms with E-state index >= 15 is 0 Å². The molecule has 3 fully saturated rings. The molecule has 24 heteroatoms. The number of primary amides is 1. The normalized spacial score (nSPS) is 16.0. The number of fused-ring (bicyclic) bond motifs is 3. The molecule has 3 aliphatic rings. The fourth-order valence-corrected chi connectivity index (χ4v) is 14.0. The van der Waals surface area contributed by atoms with Crippen molar-refractivity contribution >= 4 is 111 Å². The first-order valence-electron chi connectivity index (χ1n) is 32.3. The first kappa shape index (κ1) is 70.7. The summed E-state index contributed by atoms with van der Waals surface area (Å²) in [7, 11) is 0. The minimum absolute atomic E-state index is 0.0191. The number of ketones is 3. The van der Waals surface area contributed by atoms with Crippen molar-refractivity contribution in [3.8, 4) is 17.1 Å². The molecule has 6 aromatic heterocycles. The summed E-state index contributed by atoms with van der Waals surface area (Å²) in [6.45, 7) is 35.5. The zero-order chi connectivity index (χ0) is 69.2. The van der Waals surface area contributed by atoms with Crippen molar-refractivity contribution in [2.75, 3.05) is 65.5 Å². The van der Waals surface area contributed by atoms with Crippen LogP contribution in [0.3, 0.4) is 0 Å². The molecule has 0 aliphatic carbocycles. The molecule has 6 N–H and O–H groups in total. The highest BCUT2D eigenvalue weighted by Gasteiger charge is 2.32. The number of carbonyl (C=O) groups is 5. The molecule has 0 spiro atoms. The Balaban J connectivity index is 0.000000159. The quantitative estimate of drug-likeness (QED) is 0.0353. The number of likely N-dealkylation sites (tertiary alicyclic amines) is 3. The van der Waals surface area contributed by atoms with Gasteiger partial charge >= 0.3 is 5.97 Å². The van der Waals surface area contributed by atoms with Gasteiger partial charge in [0.2, 0.25) is 5.91 Å². The van der Waals surface area contributed by atoms with Crippen LogP contribution in [0.4, 0.5) is 17.1 Å². The second kappa shape index (κ2) is 31.8. The van der Waals surface area contributed by atoms with Gasteiger partial charge in [-0.15, -0.1) is 0 Å². The Morgan fingerprint density at radius 1 is 0.567 bits per heavy atom. The molecule has 0 saturated carbocycles. The molecule has 3 saturated heterocycles. The Morgan fingerprint density at radius 3 is 1.37 bits per heavy atom. The molecular formula is C73H76Br2N14O8. The topological polar surface area (TPSA) is 263 Å². The van der Waals surface area contributed by atoms with E-state index in [4.69, 9.17) is 35.9 Å². The lowest BCUT2D eigenvalue weighted by atomic mass is 9.94. The number of halogens is 2. The average molecular weight is 1440 g/mol. The first-order valence-corrected chi connectivity index (χ1v) is 33.9. The maximum atomic E-state index is 13.6. The van der Waals surface area contributed by atoms with Gasteiger partial charge in [0.25, 0.3) is 0 Å². The molecule has 9 aromatic rings. The van der Waals surface area contributed by atoms with Crippen LogP contribution in [0.5, 0.6) is 0 Å². The van der Waals surface area contributed by atoms with E-state index in [-0.39, 0.29) is 47.4 Å². The summed E-state index contributed by atoms with van der Waals surface area (Å²) in [5, 5.41) is 20.4. The Kier molecular flexibility index (Phi) is 23.2. The molecule has 3 atom stereocenters. The fraction of sp³-hybridized carbons (Fsp3) is 0.356. The predicted octanol–water partition coefficient (Wildman–Crippen LogP) is 12.2. The molecule has 500 valence electrons. The molecule has 22 nitrogen and oxygen atoms in total. The van der Waals surface area contributed by atoms with E-state index < -0.39 is 18.1 Å². The van der Waals surface area contributed by atoms with Crippen LogP contribution >= 0.6 is 31.9 Å². The van der Waals surface area contributed by atoms with Gasteiger partial charge in [0.05, 0.1) is 95.7 Å². The van der Waals surface area contributed by atoms with Crippen molar-refractivity contribution in [3.05, 3.63) is 192 Å². The number of amides is 1. The van der Waals surface area contributed by atoms with Crippen LogP contribution in [0.2, 0.25) is 0 Å².